The van der Waals surface area contributed by atoms with Crippen molar-refractivity contribution >= 4 is 12.4 Å². The Labute approximate surface area is 135 Å². The quantitative estimate of drug-likeness (QED) is 0.286. The number of nitrogens with zero attached hydrogens (tertiary/aromatic N) is 1. The summed E-state index contributed by atoms with van der Waals surface area (Å²) in [6.45, 7) is 3.62. The highest BCUT2D eigenvalue weighted by atomic mass is 19.1. The number of rotatable bonds is 10. The molecule has 5 nitrogen and oxygen atoms in total. The van der Waals surface area contributed by atoms with Gasteiger partial charge in [0.1, 0.15) is 12.6 Å². The summed E-state index contributed by atoms with van der Waals surface area (Å²) in [5, 5.41) is 0.783. The van der Waals surface area contributed by atoms with E-state index >= 15 is 0 Å². The lowest BCUT2D eigenvalue weighted by Gasteiger charge is -2.29. The Hall–Kier alpha value is -2.21. The van der Waals surface area contributed by atoms with Crippen molar-refractivity contribution in [3.63, 3.8) is 0 Å². The van der Waals surface area contributed by atoms with E-state index in [-0.39, 0.29) is 19.3 Å². The minimum absolute atomic E-state index is 0.0386. The fourth-order valence-electron chi connectivity index (χ4n) is 2.10. The zero-order valence-corrected chi connectivity index (χ0v) is 13.2. The molecule has 1 aromatic rings. The number of aldehydes is 1. The van der Waals surface area contributed by atoms with E-state index in [2.05, 4.69) is 6.58 Å². The van der Waals surface area contributed by atoms with Gasteiger partial charge in [-0.3, -0.25) is 4.84 Å². The summed E-state index contributed by atoms with van der Waals surface area (Å²) in [4.78, 5) is 27.8. The molecule has 1 aromatic carbocycles. The number of carbonyl (C=O) groups is 2. The van der Waals surface area contributed by atoms with Gasteiger partial charge < -0.3 is 9.53 Å². The first-order valence-electron chi connectivity index (χ1n) is 7.38. The molecule has 0 aliphatic carbocycles. The van der Waals surface area contributed by atoms with Gasteiger partial charge >= 0.3 is 6.09 Å². The number of hydrogen-bond acceptors (Lipinski definition) is 4. The summed E-state index contributed by atoms with van der Waals surface area (Å²) < 4.78 is 19.0. The molecule has 0 aliphatic heterocycles. The number of unbranched alkanes of at least 4 members (excludes halogenated alkanes) is 1. The van der Waals surface area contributed by atoms with Gasteiger partial charge in [-0.15, -0.1) is 6.58 Å². The molecular formula is C17H22FNO4. The second-order valence-corrected chi connectivity index (χ2v) is 4.92. The Morgan fingerprint density at radius 2 is 2.09 bits per heavy atom. The molecule has 0 saturated carbocycles. The number of alkyl halides is 1. The Balaban J connectivity index is 2.69. The molecule has 1 amide bonds. The lowest BCUT2D eigenvalue weighted by atomic mass is 10.1. The van der Waals surface area contributed by atoms with Crippen LogP contribution >= 0.6 is 0 Å². The number of amides is 1. The molecule has 0 radical (unpaired) electrons. The molecule has 0 aliphatic rings. The first-order valence-corrected chi connectivity index (χ1v) is 7.38. The van der Waals surface area contributed by atoms with Gasteiger partial charge in [-0.25, -0.2) is 9.18 Å². The Bertz CT molecular complexity index is 495. The molecule has 0 heterocycles. The van der Waals surface area contributed by atoms with Gasteiger partial charge in [-0.05, 0) is 24.8 Å². The second kappa shape index (κ2) is 10.5. The zero-order chi connectivity index (χ0) is 17.1. The summed E-state index contributed by atoms with van der Waals surface area (Å²) >= 11 is 0. The average molecular weight is 323 g/mol. The number of hydrogen-bond donors (Lipinski definition) is 0. The summed E-state index contributed by atoms with van der Waals surface area (Å²) in [5.74, 6) is 0. The van der Waals surface area contributed by atoms with E-state index in [1.165, 1.54) is 7.11 Å². The number of carbonyl (C=O) groups excluding carboxylic acids is 2. The summed E-state index contributed by atoms with van der Waals surface area (Å²) in [6.07, 6.45) is 0.673. The Morgan fingerprint density at radius 1 is 1.39 bits per heavy atom. The molecule has 23 heavy (non-hydrogen) atoms. The number of allylic oxidation sites excluding steroid dienone is 1. The maximum absolute atomic E-state index is 13.9. The summed E-state index contributed by atoms with van der Waals surface area (Å²) in [5.41, 5.74) is 0.798. The molecule has 0 fully saturated rings. The lowest BCUT2D eigenvalue weighted by molar-refractivity contribution is -0.156. The van der Waals surface area contributed by atoms with Crippen LogP contribution in [0.1, 0.15) is 24.8 Å². The third-order valence-electron chi connectivity index (χ3n) is 3.29. The first-order chi connectivity index (χ1) is 11.1. The van der Waals surface area contributed by atoms with Crippen LogP contribution in [0.25, 0.3) is 0 Å². The largest absolute Gasteiger partial charge is 0.443 e. The van der Waals surface area contributed by atoms with E-state index in [9.17, 15) is 14.0 Å². The van der Waals surface area contributed by atoms with Crippen LogP contribution in [0.2, 0.25) is 0 Å². The molecular weight excluding hydrogens is 301 g/mol. The number of benzene rings is 1. The maximum atomic E-state index is 13.9. The van der Waals surface area contributed by atoms with Crippen LogP contribution in [0.15, 0.2) is 43.0 Å². The molecule has 1 rings (SSSR count). The van der Waals surface area contributed by atoms with Crippen molar-refractivity contribution in [3.8, 4) is 0 Å². The Morgan fingerprint density at radius 3 is 2.65 bits per heavy atom. The van der Waals surface area contributed by atoms with Gasteiger partial charge in [0.15, 0.2) is 12.5 Å². The predicted molar refractivity (Wildman–Crippen MR) is 84.3 cm³/mol. The van der Waals surface area contributed by atoms with Gasteiger partial charge in [0.05, 0.1) is 7.11 Å². The van der Waals surface area contributed by atoms with E-state index in [0.717, 1.165) is 10.6 Å². The van der Waals surface area contributed by atoms with Crippen molar-refractivity contribution in [2.24, 2.45) is 0 Å². The topological polar surface area (TPSA) is 55.8 Å². The number of hydroxylamine groups is 2. The number of halogens is 1. The van der Waals surface area contributed by atoms with E-state index in [4.69, 9.17) is 9.57 Å². The highest BCUT2D eigenvalue weighted by molar-refractivity contribution is 5.68. The molecule has 0 saturated heterocycles. The predicted octanol–water partition coefficient (Wildman–Crippen LogP) is 3.45. The van der Waals surface area contributed by atoms with Gasteiger partial charge in [0, 0.05) is 0 Å². The van der Waals surface area contributed by atoms with E-state index in [1.54, 1.807) is 18.2 Å². The van der Waals surface area contributed by atoms with Crippen molar-refractivity contribution in [1.82, 2.24) is 5.06 Å². The number of ether oxygens (including phenoxy) is 1. The smallest absolute Gasteiger partial charge is 0.434 e. The molecule has 0 N–H and O–H groups in total. The second-order valence-electron chi connectivity index (χ2n) is 4.92. The van der Waals surface area contributed by atoms with Crippen LogP contribution in [-0.4, -0.2) is 36.8 Å². The average Bonchev–Trinajstić information content (AvgIpc) is 2.59. The van der Waals surface area contributed by atoms with Crippen LogP contribution in [-0.2, 0) is 21.0 Å². The van der Waals surface area contributed by atoms with Crippen molar-refractivity contribution < 1.29 is 23.6 Å². The van der Waals surface area contributed by atoms with Crippen molar-refractivity contribution in [2.45, 2.75) is 38.1 Å². The minimum Gasteiger partial charge on any atom is -0.443 e. The van der Waals surface area contributed by atoms with Crippen LogP contribution < -0.4 is 0 Å². The highest BCUT2D eigenvalue weighted by Crippen LogP contribution is 2.17. The van der Waals surface area contributed by atoms with Gasteiger partial charge in [0.2, 0.25) is 0 Å². The third-order valence-corrected chi connectivity index (χ3v) is 3.29. The molecule has 0 bridgehead atoms. The van der Waals surface area contributed by atoms with Crippen LogP contribution in [0.4, 0.5) is 9.18 Å². The third kappa shape index (κ3) is 6.20. The van der Waals surface area contributed by atoms with Crippen LogP contribution in [0, 0.1) is 0 Å². The SMILES string of the molecule is C=CCCC[C@H]([C@H](F)C=O)N(OC)C(=O)OCc1ccccc1. The van der Waals surface area contributed by atoms with E-state index in [0.29, 0.717) is 12.8 Å². The fourth-order valence-corrected chi connectivity index (χ4v) is 2.10. The summed E-state index contributed by atoms with van der Waals surface area (Å²) in [6, 6.07) is 8.06. The lowest BCUT2D eigenvalue weighted by Crippen LogP contribution is -2.45. The normalized spacial score (nSPS) is 13.0. The minimum atomic E-state index is -1.84. The van der Waals surface area contributed by atoms with Crippen molar-refractivity contribution in [3.05, 3.63) is 48.6 Å². The van der Waals surface area contributed by atoms with Crippen LogP contribution in [0.5, 0.6) is 0 Å². The van der Waals surface area contributed by atoms with Gasteiger partial charge in [-0.2, -0.15) is 5.06 Å². The fraction of sp³-hybridized carbons (Fsp3) is 0.412. The first kappa shape index (κ1) is 18.8. The van der Waals surface area contributed by atoms with E-state index < -0.39 is 18.3 Å². The monoisotopic (exact) mass is 323 g/mol. The molecule has 126 valence electrons. The molecule has 2 atom stereocenters. The highest BCUT2D eigenvalue weighted by Gasteiger charge is 2.32. The Kier molecular flexibility index (Phi) is 8.60. The van der Waals surface area contributed by atoms with Crippen molar-refractivity contribution in [1.29, 1.82) is 0 Å². The zero-order valence-electron chi connectivity index (χ0n) is 13.2. The standard InChI is InChI=1S/C17H22FNO4/c1-3-4-6-11-16(15(18)12-20)19(22-2)17(21)23-13-14-9-7-5-8-10-14/h3,5,7-10,12,15-16H,1,4,6,11,13H2,2H3/t15-,16-/m1/s1. The molecule has 0 unspecified atom stereocenters. The maximum Gasteiger partial charge on any atom is 0.434 e. The molecule has 6 heteroatoms. The molecule has 0 aromatic heterocycles. The van der Waals surface area contributed by atoms with Gasteiger partial charge in [-0.1, -0.05) is 36.4 Å². The molecule has 0 spiro atoms. The van der Waals surface area contributed by atoms with Crippen molar-refractivity contribution in [2.75, 3.05) is 7.11 Å². The van der Waals surface area contributed by atoms with Gasteiger partial charge in [0.25, 0.3) is 0 Å². The van der Waals surface area contributed by atoms with E-state index in [1.807, 2.05) is 18.2 Å². The van der Waals surface area contributed by atoms with Crippen LogP contribution in [0.3, 0.4) is 0 Å². The summed E-state index contributed by atoms with van der Waals surface area (Å²) in [7, 11) is 1.24.